The number of aromatic nitrogens is 2. The van der Waals surface area contributed by atoms with Gasteiger partial charge >= 0.3 is 5.97 Å². The molecule has 1 aliphatic rings. The number of nitro benzene ring substituents is 1. The molecule has 3 rings (SSSR count). The van der Waals surface area contributed by atoms with E-state index in [1.807, 2.05) is 0 Å². The Labute approximate surface area is 140 Å². The fourth-order valence-electron chi connectivity index (χ4n) is 2.98. The first kappa shape index (κ1) is 16.2. The molecule has 2 aromatic rings. The van der Waals surface area contributed by atoms with E-state index in [4.69, 9.17) is 0 Å². The first-order valence-corrected chi connectivity index (χ1v) is 8.13. The smallest absolute Gasteiger partial charge is 0.329 e. The molecule has 0 bridgehead atoms. The monoisotopic (exact) mass is 350 g/mol. The molecule has 0 radical (unpaired) electrons. The summed E-state index contributed by atoms with van der Waals surface area (Å²) in [6.45, 7) is 0. The quantitative estimate of drug-likeness (QED) is 0.636. The highest BCUT2D eigenvalue weighted by molar-refractivity contribution is 7.00. The van der Waals surface area contributed by atoms with Crippen LogP contribution in [0.4, 0.5) is 5.69 Å². The maximum Gasteiger partial charge on any atom is 0.329 e. The summed E-state index contributed by atoms with van der Waals surface area (Å²) < 4.78 is 7.79. The summed E-state index contributed by atoms with van der Waals surface area (Å²) in [6, 6.07) is 2.50. The van der Waals surface area contributed by atoms with Gasteiger partial charge in [-0.25, -0.2) is 4.79 Å². The van der Waals surface area contributed by atoms with Gasteiger partial charge in [0.25, 0.3) is 11.6 Å². The van der Waals surface area contributed by atoms with Crippen LogP contribution in [0.3, 0.4) is 0 Å². The van der Waals surface area contributed by atoms with Gasteiger partial charge in [-0.1, -0.05) is 19.3 Å². The lowest BCUT2D eigenvalue weighted by Gasteiger charge is -2.33. The van der Waals surface area contributed by atoms with Gasteiger partial charge < -0.3 is 10.4 Å². The molecule has 0 unspecified atom stereocenters. The summed E-state index contributed by atoms with van der Waals surface area (Å²) in [6.07, 6.45) is 3.03. The number of nitro groups is 1. The van der Waals surface area contributed by atoms with Gasteiger partial charge in [0.2, 0.25) is 0 Å². The first-order valence-electron chi connectivity index (χ1n) is 7.39. The molecule has 10 heteroatoms. The number of carbonyl (C=O) groups excluding carboxylic acids is 1. The number of benzene rings is 1. The molecule has 0 atom stereocenters. The van der Waals surface area contributed by atoms with E-state index < -0.39 is 22.3 Å². The van der Waals surface area contributed by atoms with Crippen LogP contribution in [-0.4, -0.2) is 36.2 Å². The van der Waals surface area contributed by atoms with E-state index in [0.29, 0.717) is 25.7 Å². The topological polar surface area (TPSA) is 135 Å². The Kier molecular flexibility index (Phi) is 4.14. The van der Waals surface area contributed by atoms with Crippen molar-refractivity contribution >= 4 is 40.3 Å². The average Bonchev–Trinajstić information content (AvgIpc) is 3.02. The second kappa shape index (κ2) is 6.11. The Bertz CT molecular complexity index is 828. The van der Waals surface area contributed by atoms with Crippen LogP contribution in [0.5, 0.6) is 0 Å². The molecule has 0 spiro atoms. The molecule has 126 valence electrons. The van der Waals surface area contributed by atoms with Gasteiger partial charge in [0.05, 0.1) is 16.7 Å². The van der Waals surface area contributed by atoms with Crippen molar-refractivity contribution in [2.75, 3.05) is 0 Å². The third-order valence-corrected chi connectivity index (χ3v) is 4.81. The Morgan fingerprint density at radius 2 is 1.96 bits per heavy atom. The third-order valence-electron chi connectivity index (χ3n) is 4.27. The van der Waals surface area contributed by atoms with Crippen LogP contribution >= 0.6 is 11.7 Å². The van der Waals surface area contributed by atoms with Crippen molar-refractivity contribution in [3.8, 4) is 0 Å². The summed E-state index contributed by atoms with van der Waals surface area (Å²) in [7, 11) is 0. The van der Waals surface area contributed by atoms with E-state index in [2.05, 4.69) is 14.1 Å². The molecule has 1 aromatic heterocycles. The maximum absolute atomic E-state index is 12.5. The van der Waals surface area contributed by atoms with Gasteiger partial charge in [-0.3, -0.25) is 14.9 Å². The van der Waals surface area contributed by atoms with Crippen molar-refractivity contribution in [2.24, 2.45) is 0 Å². The lowest BCUT2D eigenvalue weighted by molar-refractivity contribution is -0.383. The third kappa shape index (κ3) is 2.80. The minimum absolute atomic E-state index is 0.00750. The van der Waals surface area contributed by atoms with Crippen molar-refractivity contribution in [1.82, 2.24) is 14.1 Å². The normalized spacial score (nSPS) is 16.7. The fraction of sp³-hybridized carbons (Fsp3) is 0.429. The summed E-state index contributed by atoms with van der Waals surface area (Å²) in [4.78, 5) is 34.7. The van der Waals surface area contributed by atoms with Crippen molar-refractivity contribution in [3.05, 3.63) is 27.8 Å². The molecule has 1 heterocycles. The zero-order chi connectivity index (χ0) is 17.3. The van der Waals surface area contributed by atoms with Crippen LogP contribution in [0.1, 0.15) is 42.5 Å². The number of carboxylic acid groups (broad SMARTS) is 1. The van der Waals surface area contributed by atoms with E-state index in [1.165, 1.54) is 6.07 Å². The largest absolute Gasteiger partial charge is 0.480 e. The SMILES string of the molecule is O=C(NC1(C(=O)O)CCCCC1)c1cc([N+](=O)[O-])c2nsnc2c1. The predicted octanol–water partition coefficient (Wildman–Crippen LogP) is 2.12. The summed E-state index contributed by atoms with van der Waals surface area (Å²) in [5, 5.41) is 23.3. The number of hydrogen-bond acceptors (Lipinski definition) is 7. The van der Waals surface area contributed by atoms with E-state index in [0.717, 1.165) is 24.2 Å². The summed E-state index contributed by atoms with van der Waals surface area (Å²) in [5.74, 6) is -1.74. The molecule has 0 saturated heterocycles. The van der Waals surface area contributed by atoms with E-state index in [1.54, 1.807) is 0 Å². The summed E-state index contributed by atoms with van der Waals surface area (Å²) >= 11 is 0.814. The zero-order valence-corrected chi connectivity index (χ0v) is 13.3. The number of amides is 1. The van der Waals surface area contributed by atoms with Gasteiger partial charge in [0, 0.05) is 11.6 Å². The van der Waals surface area contributed by atoms with Crippen LogP contribution in [-0.2, 0) is 4.79 Å². The van der Waals surface area contributed by atoms with E-state index >= 15 is 0 Å². The molecular weight excluding hydrogens is 336 g/mol. The molecule has 24 heavy (non-hydrogen) atoms. The molecule has 1 amide bonds. The highest BCUT2D eigenvalue weighted by atomic mass is 32.1. The molecule has 2 N–H and O–H groups in total. The highest BCUT2D eigenvalue weighted by Gasteiger charge is 2.41. The number of carbonyl (C=O) groups is 2. The number of nitrogens with zero attached hydrogens (tertiary/aromatic N) is 3. The van der Waals surface area contributed by atoms with E-state index in [-0.39, 0.29) is 22.3 Å². The number of nitrogens with one attached hydrogen (secondary N) is 1. The number of carboxylic acids is 1. The molecule has 1 fully saturated rings. The second-order valence-electron chi connectivity index (χ2n) is 5.79. The summed E-state index contributed by atoms with van der Waals surface area (Å²) in [5.41, 5.74) is -1.27. The van der Waals surface area contributed by atoms with Crippen LogP contribution in [0, 0.1) is 10.1 Å². The zero-order valence-electron chi connectivity index (χ0n) is 12.5. The van der Waals surface area contributed by atoms with Gasteiger partial charge in [0.1, 0.15) is 11.1 Å². The number of aliphatic carboxylic acids is 1. The molecule has 1 aromatic carbocycles. The number of non-ortho nitro benzene ring substituents is 1. The molecule has 1 saturated carbocycles. The lowest BCUT2D eigenvalue weighted by atomic mass is 9.81. The van der Waals surface area contributed by atoms with Crippen molar-refractivity contribution in [1.29, 1.82) is 0 Å². The number of hydrogen-bond donors (Lipinski definition) is 2. The van der Waals surface area contributed by atoms with Gasteiger partial charge in [-0.2, -0.15) is 8.75 Å². The minimum atomic E-state index is -1.32. The van der Waals surface area contributed by atoms with Crippen LogP contribution < -0.4 is 5.32 Å². The van der Waals surface area contributed by atoms with Crippen molar-refractivity contribution < 1.29 is 19.6 Å². The van der Waals surface area contributed by atoms with Gasteiger partial charge in [0.15, 0.2) is 5.52 Å². The lowest BCUT2D eigenvalue weighted by Crippen LogP contribution is -2.55. The molecule has 9 nitrogen and oxygen atoms in total. The highest BCUT2D eigenvalue weighted by Crippen LogP contribution is 2.30. The van der Waals surface area contributed by atoms with Crippen LogP contribution in [0.25, 0.3) is 11.0 Å². The fourth-order valence-corrected chi connectivity index (χ4v) is 3.52. The Morgan fingerprint density at radius 1 is 1.25 bits per heavy atom. The number of fused-ring (bicyclic) bond motifs is 1. The van der Waals surface area contributed by atoms with Crippen LogP contribution in [0.2, 0.25) is 0 Å². The first-order chi connectivity index (χ1) is 11.4. The minimum Gasteiger partial charge on any atom is -0.480 e. The van der Waals surface area contributed by atoms with Gasteiger partial charge in [-0.15, -0.1) is 0 Å². The molecule has 1 aliphatic carbocycles. The Morgan fingerprint density at radius 3 is 2.58 bits per heavy atom. The maximum atomic E-state index is 12.5. The van der Waals surface area contributed by atoms with E-state index in [9.17, 15) is 24.8 Å². The molecular formula is C14H14N4O5S. The number of rotatable bonds is 4. The standard InChI is InChI=1S/C14H14N4O5S/c19-12(15-14(13(20)21)4-2-1-3-5-14)8-6-9-11(17-24-16-9)10(7-8)18(22)23/h6-7H,1-5H2,(H,15,19)(H,20,21). The van der Waals surface area contributed by atoms with Gasteiger partial charge in [-0.05, 0) is 18.9 Å². The Balaban J connectivity index is 1.96. The van der Waals surface area contributed by atoms with Crippen molar-refractivity contribution in [3.63, 3.8) is 0 Å². The van der Waals surface area contributed by atoms with Crippen molar-refractivity contribution in [2.45, 2.75) is 37.6 Å². The second-order valence-corrected chi connectivity index (χ2v) is 6.31. The van der Waals surface area contributed by atoms with Crippen LogP contribution in [0.15, 0.2) is 12.1 Å². The Hall–Kier alpha value is -2.62. The predicted molar refractivity (Wildman–Crippen MR) is 85.0 cm³/mol. The average molecular weight is 350 g/mol. The molecule has 0 aliphatic heterocycles.